The molecular weight excluding hydrogens is 392 g/mol. The van der Waals surface area contributed by atoms with Crippen LogP contribution in [-0.2, 0) is 0 Å². The molecule has 1 saturated heterocycles. The molecule has 0 amide bonds. The van der Waals surface area contributed by atoms with Crippen LogP contribution in [0.2, 0.25) is 5.02 Å². The van der Waals surface area contributed by atoms with Gasteiger partial charge in [0, 0.05) is 41.9 Å². The summed E-state index contributed by atoms with van der Waals surface area (Å²) in [4.78, 5) is 6.70. The smallest absolute Gasteiger partial charge is 0.170 e. The summed E-state index contributed by atoms with van der Waals surface area (Å²) in [5.74, 6) is 0. The minimum atomic E-state index is -0.0831. The lowest BCUT2D eigenvalue weighted by Crippen LogP contribution is -2.31. The molecule has 0 bridgehead atoms. The third-order valence-corrected chi connectivity index (χ3v) is 5.51. The number of nitrogens with zero attached hydrogens (tertiary/aromatic N) is 3. The molecule has 3 heterocycles. The number of hydrogen-bond acceptors (Lipinski definition) is 3. The standard InChI is InChI=1S/C21H21ClN4OS/c22-15-6-3-7-16(14-15)25-11-4-9-18(25)20-19(17-8-1-2-10-23-17)24-21(28)26(20)12-5-13-27/h1-4,6-11,14,19-20,27H,5,12-13H2,(H,24,28)/t19-,20+/m0/s1. The molecule has 2 aromatic heterocycles. The van der Waals surface area contributed by atoms with Crippen LogP contribution in [0.15, 0.2) is 67.0 Å². The number of aliphatic hydroxyl groups is 1. The zero-order chi connectivity index (χ0) is 19.5. The van der Waals surface area contributed by atoms with E-state index in [0.29, 0.717) is 23.1 Å². The largest absolute Gasteiger partial charge is 0.396 e. The van der Waals surface area contributed by atoms with Gasteiger partial charge in [-0.05, 0) is 61.1 Å². The first-order chi connectivity index (χ1) is 13.7. The molecule has 5 nitrogen and oxygen atoms in total. The van der Waals surface area contributed by atoms with Gasteiger partial charge in [0.25, 0.3) is 0 Å². The van der Waals surface area contributed by atoms with Crippen molar-refractivity contribution in [2.45, 2.75) is 18.5 Å². The van der Waals surface area contributed by atoms with Crippen molar-refractivity contribution in [3.63, 3.8) is 0 Å². The molecule has 4 rings (SSSR count). The summed E-state index contributed by atoms with van der Waals surface area (Å²) in [6, 6.07) is 17.7. The monoisotopic (exact) mass is 412 g/mol. The van der Waals surface area contributed by atoms with Crippen molar-refractivity contribution in [1.29, 1.82) is 0 Å². The van der Waals surface area contributed by atoms with Crippen LogP contribution in [0.1, 0.15) is 29.9 Å². The van der Waals surface area contributed by atoms with Gasteiger partial charge in [0.2, 0.25) is 0 Å². The average molecular weight is 413 g/mol. The minimum Gasteiger partial charge on any atom is -0.396 e. The first kappa shape index (κ1) is 18.9. The highest BCUT2D eigenvalue weighted by Gasteiger charge is 2.40. The fourth-order valence-electron chi connectivity index (χ4n) is 3.71. The molecule has 2 atom stereocenters. The fourth-order valence-corrected chi connectivity index (χ4v) is 4.22. The molecule has 0 spiro atoms. The zero-order valence-corrected chi connectivity index (χ0v) is 16.8. The molecule has 0 saturated carbocycles. The Morgan fingerprint density at radius 1 is 1.14 bits per heavy atom. The normalized spacial score (nSPS) is 19.1. The van der Waals surface area contributed by atoms with Gasteiger partial charge in [0.15, 0.2) is 5.11 Å². The summed E-state index contributed by atoms with van der Waals surface area (Å²) < 4.78 is 2.13. The van der Waals surface area contributed by atoms with E-state index in [1.165, 1.54) is 0 Å². The topological polar surface area (TPSA) is 53.3 Å². The molecule has 1 aliphatic rings. The highest BCUT2D eigenvalue weighted by molar-refractivity contribution is 7.80. The molecule has 144 valence electrons. The van der Waals surface area contributed by atoms with E-state index in [2.05, 4.69) is 25.8 Å². The lowest BCUT2D eigenvalue weighted by atomic mass is 10.0. The number of rotatable bonds is 6. The van der Waals surface area contributed by atoms with Crippen LogP contribution in [0.25, 0.3) is 5.69 Å². The summed E-state index contributed by atoms with van der Waals surface area (Å²) in [6.07, 6.45) is 4.47. The Labute approximate surface area is 174 Å². The molecule has 1 aromatic carbocycles. The summed E-state index contributed by atoms with van der Waals surface area (Å²) in [6.45, 7) is 0.784. The van der Waals surface area contributed by atoms with Crippen LogP contribution >= 0.6 is 23.8 Å². The molecule has 1 fully saturated rings. The first-order valence-corrected chi connectivity index (χ1v) is 10.00. The Balaban J connectivity index is 1.79. The molecule has 28 heavy (non-hydrogen) atoms. The van der Waals surface area contributed by atoms with E-state index in [-0.39, 0.29) is 18.7 Å². The highest BCUT2D eigenvalue weighted by atomic mass is 35.5. The van der Waals surface area contributed by atoms with Crippen LogP contribution in [0.5, 0.6) is 0 Å². The summed E-state index contributed by atoms with van der Waals surface area (Å²) in [5, 5.41) is 14.1. The molecular formula is C21H21ClN4OS. The summed E-state index contributed by atoms with van der Waals surface area (Å²) >= 11 is 11.9. The van der Waals surface area contributed by atoms with Gasteiger partial charge in [-0.25, -0.2) is 0 Å². The van der Waals surface area contributed by atoms with Crippen molar-refractivity contribution in [1.82, 2.24) is 19.8 Å². The lowest BCUT2D eigenvalue weighted by molar-refractivity contribution is 0.245. The van der Waals surface area contributed by atoms with Gasteiger partial charge in [-0.2, -0.15) is 0 Å². The second-order valence-electron chi connectivity index (χ2n) is 6.68. The van der Waals surface area contributed by atoms with Crippen molar-refractivity contribution < 1.29 is 5.11 Å². The van der Waals surface area contributed by atoms with Gasteiger partial charge >= 0.3 is 0 Å². The number of benzene rings is 1. The zero-order valence-electron chi connectivity index (χ0n) is 15.2. The quantitative estimate of drug-likeness (QED) is 0.602. The van der Waals surface area contributed by atoms with Crippen molar-refractivity contribution in [2.75, 3.05) is 13.2 Å². The number of nitrogens with one attached hydrogen (secondary N) is 1. The van der Waals surface area contributed by atoms with Gasteiger partial charge in [-0.15, -0.1) is 0 Å². The van der Waals surface area contributed by atoms with Gasteiger partial charge in [-0.3, -0.25) is 4.98 Å². The third-order valence-electron chi connectivity index (χ3n) is 4.92. The second-order valence-corrected chi connectivity index (χ2v) is 7.50. The number of pyridine rings is 1. The Kier molecular flexibility index (Phi) is 5.62. The Bertz CT molecular complexity index is 962. The van der Waals surface area contributed by atoms with E-state index in [0.717, 1.165) is 17.1 Å². The summed E-state index contributed by atoms with van der Waals surface area (Å²) in [5.41, 5.74) is 3.01. The Morgan fingerprint density at radius 2 is 2.04 bits per heavy atom. The lowest BCUT2D eigenvalue weighted by Gasteiger charge is -2.28. The minimum absolute atomic E-state index is 0.0528. The van der Waals surface area contributed by atoms with Crippen LogP contribution in [0, 0.1) is 0 Å². The second kappa shape index (κ2) is 8.31. The van der Waals surface area contributed by atoms with Crippen LogP contribution < -0.4 is 5.32 Å². The number of halogens is 1. The molecule has 0 aliphatic carbocycles. The Hall–Kier alpha value is -2.41. The maximum atomic E-state index is 9.35. The maximum absolute atomic E-state index is 9.35. The number of aliphatic hydroxyl groups excluding tert-OH is 1. The van der Waals surface area contributed by atoms with Gasteiger partial charge in [-0.1, -0.05) is 23.7 Å². The Morgan fingerprint density at radius 3 is 2.79 bits per heavy atom. The molecule has 0 radical (unpaired) electrons. The van der Waals surface area contributed by atoms with Crippen molar-refractivity contribution in [3.8, 4) is 5.69 Å². The van der Waals surface area contributed by atoms with E-state index in [4.69, 9.17) is 23.8 Å². The third kappa shape index (κ3) is 3.63. The first-order valence-electron chi connectivity index (χ1n) is 9.21. The molecule has 0 unspecified atom stereocenters. The molecule has 2 N–H and O–H groups in total. The van der Waals surface area contributed by atoms with Gasteiger partial charge in [0.05, 0.1) is 17.8 Å². The van der Waals surface area contributed by atoms with Crippen molar-refractivity contribution >= 4 is 28.9 Å². The maximum Gasteiger partial charge on any atom is 0.170 e. The van der Waals surface area contributed by atoms with E-state index < -0.39 is 0 Å². The van der Waals surface area contributed by atoms with Crippen LogP contribution in [-0.4, -0.2) is 37.8 Å². The number of aromatic nitrogens is 2. The van der Waals surface area contributed by atoms with Crippen molar-refractivity contribution in [3.05, 3.63) is 83.4 Å². The van der Waals surface area contributed by atoms with E-state index in [1.54, 1.807) is 6.20 Å². The average Bonchev–Trinajstić information content (AvgIpc) is 3.31. The van der Waals surface area contributed by atoms with Crippen LogP contribution in [0.4, 0.5) is 0 Å². The van der Waals surface area contributed by atoms with E-state index in [9.17, 15) is 5.11 Å². The molecule has 1 aliphatic heterocycles. The van der Waals surface area contributed by atoms with Crippen LogP contribution in [0.3, 0.4) is 0 Å². The molecule has 3 aromatic rings. The van der Waals surface area contributed by atoms with Gasteiger partial charge in [0.1, 0.15) is 0 Å². The predicted molar refractivity (Wildman–Crippen MR) is 115 cm³/mol. The number of thiocarbonyl (C=S) groups is 1. The fraction of sp³-hybridized carbons (Fsp3) is 0.238. The SMILES string of the molecule is OCCCN1C(=S)N[C@@H](c2ccccn2)[C@H]1c1cccn1-c1cccc(Cl)c1. The number of hydrogen-bond donors (Lipinski definition) is 2. The summed E-state index contributed by atoms with van der Waals surface area (Å²) in [7, 11) is 0. The van der Waals surface area contributed by atoms with E-state index in [1.807, 2.05) is 54.7 Å². The van der Waals surface area contributed by atoms with Crippen molar-refractivity contribution in [2.24, 2.45) is 0 Å². The molecule has 7 heteroatoms. The highest BCUT2D eigenvalue weighted by Crippen LogP contribution is 2.39. The van der Waals surface area contributed by atoms with Gasteiger partial charge < -0.3 is 19.9 Å². The predicted octanol–water partition coefficient (Wildman–Crippen LogP) is 3.88. The van der Waals surface area contributed by atoms with E-state index >= 15 is 0 Å².